The molecule has 16 heteroatoms. The molecule has 0 bridgehead atoms. The summed E-state index contributed by atoms with van der Waals surface area (Å²) in [5, 5.41) is 2.70. The average molecular weight is 660 g/mol. The summed E-state index contributed by atoms with van der Waals surface area (Å²) in [4.78, 5) is 48.5. The standard InChI is InChI=1S/C30H42N7O8P/c1-6-10-19(4)44-27(39)20(5)36-46(41,45-22-11-8-7-9-12-22)43-16-30(15-42-28(40)23(31)18(2)3)13-21(30)14-37-17-33-24-25(37)34-29(32)35-26(24)38/h7-9,11-12,14,17-20,23H,6,10,13,15-16,31H2,1-5H3,(H,36,41)(H3,32,34,35,38)/b21-14-/t19-,20-,23?,30-,46-/m0/s1. The van der Waals surface area contributed by atoms with Crippen molar-refractivity contribution >= 4 is 43.0 Å². The number of carbonyl (C=O) groups is 2. The van der Waals surface area contributed by atoms with E-state index in [1.807, 2.05) is 6.92 Å². The minimum Gasteiger partial charge on any atom is -0.463 e. The summed E-state index contributed by atoms with van der Waals surface area (Å²) in [5.41, 5.74) is 11.3. The Morgan fingerprint density at radius 2 is 1.89 bits per heavy atom. The molecular weight excluding hydrogens is 617 g/mol. The third-order valence-electron chi connectivity index (χ3n) is 7.51. The molecule has 3 aromatic rings. The van der Waals surface area contributed by atoms with Crippen LogP contribution in [0.25, 0.3) is 17.4 Å². The molecule has 0 radical (unpaired) electrons. The highest BCUT2D eigenvalue weighted by atomic mass is 31.2. The van der Waals surface area contributed by atoms with Gasteiger partial charge in [0.25, 0.3) is 5.56 Å². The van der Waals surface area contributed by atoms with Gasteiger partial charge in [0.05, 0.1) is 18.1 Å². The first-order valence-electron chi connectivity index (χ1n) is 15.1. The van der Waals surface area contributed by atoms with Gasteiger partial charge in [-0.2, -0.15) is 10.1 Å². The minimum atomic E-state index is -4.23. The zero-order chi connectivity index (χ0) is 33.6. The SMILES string of the molecule is CCC[C@H](C)OC(=O)[C@H](C)N[P@](=O)(OC[C@@]1(COC(=O)C(N)C(C)C)C/C1=C/n1cnc2c(=O)[nH]c(N)nc21)Oc1ccccc1. The Balaban J connectivity index is 1.61. The van der Waals surface area contributed by atoms with Crippen molar-refractivity contribution in [2.45, 2.75) is 72.1 Å². The second-order valence-corrected chi connectivity index (χ2v) is 13.5. The van der Waals surface area contributed by atoms with Crippen LogP contribution in [0, 0.1) is 11.3 Å². The summed E-state index contributed by atoms with van der Waals surface area (Å²) in [6.45, 7) is 8.47. The number of aromatic nitrogens is 4. The van der Waals surface area contributed by atoms with Gasteiger partial charge in [0.1, 0.15) is 30.8 Å². The van der Waals surface area contributed by atoms with Crippen molar-refractivity contribution in [2.75, 3.05) is 18.9 Å². The topological polar surface area (TPSA) is 216 Å². The van der Waals surface area contributed by atoms with Gasteiger partial charge >= 0.3 is 19.7 Å². The number of imidazole rings is 1. The Hall–Kier alpha value is -4.04. The number of anilines is 1. The number of benzene rings is 1. The molecule has 2 heterocycles. The van der Waals surface area contributed by atoms with Gasteiger partial charge < -0.3 is 25.5 Å². The molecule has 2 aromatic heterocycles. The van der Waals surface area contributed by atoms with Crippen LogP contribution in [-0.4, -0.2) is 62.9 Å². The van der Waals surface area contributed by atoms with Crippen LogP contribution < -0.4 is 26.6 Å². The van der Waals surface area contributed by atoms with E-state index in [9.17, 15) is 18.9 Å². The second kappa shape index (κ2) is 14.6. The van der Waals surface area contributed by atoms with Gasteiger partial charge in [-0.05, 0) is 50.3 Å². The predicted octanol–water partition coefficient (Wildman–Crippen LogP) is 3.37. The molecule has 1 unspecified atom stereocenters. The third-order valence-corrected chi connectivity index (χ3v) is 9.13. The number of nitrogens with one attached hydrogen (secondary N) is 2. The number of rotatable bonds is 16. The molecule has 0 aliphatic heterocycles. The first-order chi connectivity index (χ1) is 21.8. The van der Waals surface area contributed by atoms with Gasteiger partial charge in [0.2, 0.25) is 5.95 Å². The quantitative estimate of drug-likeness (QED) is 0.128. The predicted molar refractivity (Wildman–Crippen MR) is 171 cm³/mol. The van der Waals surface area contributed by atoms with E-state index in [1.165, 1.54) is 17.8 Å². The number of carbonyl (C=O) groups excluding carboxylic acids is 2. The number of hydrogen-bond donors (Lipinski definition) is 4. The lowest BCUT2D eigenvalue weighted by atomic mass is 10.1. The van der Waals surface area contributed by atoms with Crippen LogP contribution >= 0.6 is 7.75 Å². The van der Waals surface area contributed by atoms with Crippen molar-refractivity contribution in [1.82, 2.24) is 24.6 Å². The van der Waals surface area contributed by atoms with Gasteiger partial charge in [0, 0.05) is 6.20 Å². The highest BCUT2D eigenvalue weighted by Crippen LogP contribution is 2.56. The number of nitrogens with zero attached hydrogens (tertiary/aromatic N) is 3. The van der Waals surface area contributed by atoms with E-state index in [4.69, 9.17) is 30.0 Å². The molecule has 46 heavy (non-hydrogen) atoms. The lowest BCUT2D eigenvalue weighted by molar-refractivity contribution is -0.150. The minimum absolute atomic E-state index is 0.0820. The molecule has 15 nitrogen and oxygen atoms in total. The second-order valence-electron chi connectivity index (χ2n) is 11.8. The number of esters is 2. The van der Waals surface area contributed by atoms with Gasteiger partial charge in [0.15, 0.2) is 11.2 Å². The molecule has 5 atom stereocenters. The first-order valence-corrected chi connectivity index (χ1v) is 16.6. The summed E-state index contributed by atoms with van der Waals surface area (Å²) >= 11 is 0. The number of hydrogen-bond acceptors (Lipinski definition) is 12. The van der Waals surface area contributed by atoms with Crippen molar-refractivity contribution in [3.63, 3.8) is 0 Å². The van der Waals surface area contributed by atoms with Crippen LogP contribution in [0.1, 0.15) is 53.9 Å². The number of nitrogen functional groups attached to an aromatic ring is 1. The molecule has 4 rings (SSSR count). The Kier molecular flexibility index (Phi) is 11.0. The Bertz CT molecular complexity index is 1670. The van der Waals surface area contributed by atoms with E-state index >= 15 is 0 Å². The van der Waals surface area contributed by atoms with Crippen LogP contribution in [0.4, 0.5) is 5.95 Å². The molecule has 250 valence electrons. The number of fused-ring (bicyclic) bond motifs is 1. The fourth-order valence-corrected chi connectivity index (χ4v) is 6.17. The summed E-state index contributed by atoms with van der Waals surface area (Å²) in [5.74, 6) is -1.22. The Morgan fingerprint density at radius 3 is 2.57 bits per heavy atom. The molecule has 1 saturated carbocycles. The van der Waals surface area contributed by atoms with E-state index in [-0.39, 0.29) is 48.1 Å². The maximum absolute atomic E-state index is 14.2. The number of nitrogens with two attached hydrogens (primary N) is 2. The summed E-state index contributed by atoms with van der Waals surface area (Å²) in [6.07, 6.45) is 4.60. The largest absolute Gasteiger partial charge is 0.463 e. The van der Waals surface area contributed by atoms with E-state index < -0.39 is 42.7 Å². The molecule has 1 fully saturated rings. The third kappa shape index (κ3) is 8.60. The zero-order valence-corrected chi connectivity index (χ0v) is 27.5. The van der Waals surface area contributed by atoms with E-state index in [0.29, 0.717) is 18.4 Å². The number of aromatic amines is 1. The molecule has 0 spiro atoms. The Morgan fingerprint density at radius 1 is 1.17 bits per heavy atom. The molecule has 1 aliphatic rings. The van der Waals surface area contributed by atoms with Crippen molar-refractivity contribution < 1.29 is 32.7 Å². The highest BCUT2D eigenvalue weighted by molar-refractivity contribution is 7.52. The van der Waals surface area contributed by atoms with Crippen molar-refractivity contribution in [3.05, 3.63) is 52.6 Å². The normalized spacial score (nSPS) is 20.2. The van der Waals surface area contributed by atoms with Gasteiger partial charge in [-0.1, -0.05) is 45.4 Å². The first kappa shape index (κ1) is 34.8. The molecule has 6 N–H and O–H groups in total. The summed E-state index contributed by atoms with van der Waals surface area (Å²) in [7, 11) is -4.23. The van der Waals surface area contributed by atoms with Crippen LogP contribution in [-0.2, 0) is 28.2 Å². The summed E-state index contributed by atoms with van der Waals surface area (Å²) in [6, 6.07) is 6.47. The maximum atomic E-state index is 14.2. The lowest BCUT2D eigenvalue weighted by Crippen LogP contribution is -2.39. The average Bonchev–Trinajstić information content (AvgIpc) is 3.53. The highest BCUT2D eigenvalue weighted by Gasteiger charge is 2.52. The number of para-hydroxylation sites is 1. The maximum Gasteiger partial charge on any atom is 0.459 e. The van der Waals surface area contributed by atoms with E-state index in [0.717, 1.165) is 6.42 Å². The number of ether oxygens (including phenoxy) is 2. The zero-order valence-electron chi connectivity index (χ0n) is 26.6. The molecular formula is C30H42N7O8P. The molecule has 1 aliphatic carbocycles. The van der Waals surface area contributed by atoms with Gasteiger partial charge in [-0.3, -0.25) is 28.5 Å². The van der Waals surface area contributed by atoms with E-state index in [2.05, 4.69) is 20.0 Å². The fourth-order valence-electron chi connectivity index (χ4n) is 4.59. The van der Waals surface area contributed by atoms with Crippen molar-refractivity contribution in [2.24, 2.45) is 17.1 Å². The van der Waals surface area contributed by atoms with Crippen LogP contribution in [0.5, 0.6) is 5.75 Å². The van der Waals surface area contributed by atoms with Crippen LogP contribution in [0.3, 0.4) is 0 Å². The van der Waals surface area contributed by atoms with Gasteiger partial charge in [-0.25, -0.2) is 9.55 Å². The Labute approximate surface area is 266 Å². The monoisotopic (exact) mass is 659 g/mol. The van der Waals surface area contributed by atoms with Crippen LogP contribution in [0.2, 0.25) is 0 Å². The number of H-pyrrole nitrogens is 1. The summed E-state index contributed by atoms with van der Waals surface area (Å²) < 4.78 is 38.6. The van der Waals surface area contributed by atoms with E-state index in [1.54, 1.807) is 57.3 Å². The van der Waals surface area contributed by atoms with Crippen molar-refractivity contribution in [1.29, 1.82) is 0 Å². The molecule has 0 amide bonds. The van der Waals surface area contributed by atoms with Crippen molar-refractivity contribution in [3.8, 4) is 5.75 Å². The fraction of sp³-hybridized carbons (Fsp3) is 0.500. The smallest absolute Gasteiger partial charge is 0.459 e. The molecule has 0 saturated heterocycles. The van der Waals surface area contributed by atoms with Gasteiger partial charge in [-0.15, -0.1) is 0 Å². The lowest BCUT2D eigenvalue weighted by Gasteiger charge is -2.26. The van der Waals surface area contributed by atoms with Crippen LogP contribution in [0.15, 0.2) is 47.0 Å². The molecule has 1 aromatic carbocycles.